The number of benzene rings is 1. The number of nitrogens with zero attached hydrogens (tertiary/aromatic N) is 2. The first-order valence-electron chi connectivity index (χ1n) is 11.2. The minimum absolute atomic E-state index is 0.0759. The van der Waals surface area contributed by atoms with E-state index >= 15 is 0 Å². The molecule has 7 nitrogen and oxygen atoms in total. The summed E-state index contributed by atoms with van der Waals surface area (Å²) in [7, 11) is 3.80. The number of H-pyrrole nitrogens is 1. The Labute approximate surface area is 192 Å². The topological polar surface area (TPSA) is 71.6 Å². The monoisotopic (exact) mass is 470 g/mol. The number of ether oxygens (including phenoxy) is 3. The van der Waals surface area contributed by atoms with Crippen LogP contribution in [-0.2, 0) is 17.5 Å². The van der Waals surface area contributed by atoms with Gasteiger partial charge in [-0.05, 0) is 26.1 Å². The van der Waals surface area contributed by atoms with Crippen molar-refractivity contribution in [2.75, 3.05) is 47.0 Å². The Morgan fingerprint density at radius 2 is 2.06 bits per heavy atom. The smallest absolute Gasteiger partial charge is 0.419 e. The molecule has 1 unspecified atom stereocenters. The molecular weight excluding hydrogens is 437 g/mol. The van der Waals surface area contributed by atoms with Gasteiger partial charge in [-0.2, -0.15) is 18.3 Å². The fourth-order valence-corrected chi connectivity index (χ4v) is 3.56. The summed E-state index contributed by atoms with van der Waals surface area (Å²) in [6.45, 7) is 6.92. The number of rotatable bonds is 11. The maximum absolute atomic E-state index is 14.0. The highest BCUT2D eigenvalue weighted by atomic mass is 19.4. The number of hydrogen-bond acceptors (Lipinski definition) is 6. The molecule has 0 amide bonds. The summed E-state index contributed by atoms with van der Waals surface area (Å²) in [5.41, 5.74) is 0.715. The molecule has 2 heterocycles. The fourth-order valence-electron chi connectivity index (χ4n) is 3.56. The molecule has 0 saturated carbocycles. The molecule has 33 heavy (non-hydrogen) atoms. The van der Waals surface area contributed by atoms with Crippen molar-refractivity contribution in [3.63, 3.8) is 0 Å². The van der Waals surface area contributed by atoms with Gasteiger partial charge in [0.1, 0.15) is 17.6 Å². The van der Waals surface area contributed by atoms with E-state index < -0.39 is 11.7 Å². The Morgan fingerprint density at radius 1 is 1.27 bits per heavy atom. The van der Waals surface area contributed by atoms with Gasteiger partial charge in [0, 0.05) is 49.4 Å². The molecule has 0 bridgehead atoms. The highest BCUT2D eigenvalue weighted by molar-refractivity contribution is 5.74. The van der Waals surface area contributed by atoms with E-state index in [1.54, 1.807) is 6.20 Å². The van der Waals surface area contributed by atoms with Crippen molar-refractivity contribution in [3.8, 4) is 22.6 Å². The van der Waals surface area contributed by atoms with Gasteiger partial charge in [-0.25, -0.2) is 0 Å². The molecule has 184 valence electrons. The van der Waals surface area contributed by atoms with Crippen LogP contribution in [0.1, 0.15) is 31.5 Å². The van der Waals surface area contributed by atoms with Gasteiger partial charge in [-0.3, -0.25) is 10.00 Å². The van der Waals surface area contributed by atoms with Crippen LogP contribution in [0.4, 0.5) is 13.2 Å². The van der Waals surface area contributed by atoms with Crippen LogP contribution in [0.2, 0.25) is 0 Å². The number of halogens is 3. The van der Waals surface area contributed by atoms with Crippen LogP contribution in [0.3, 0.4) is 0 Å². The maximum Gasteiger partial charge on any atom is 0.419 e. The van der Waals surface area contributed by atoms with E-state index in [9.17, 15) is 13.2 Å². The normalized spacial score (nSPS) is 16.7. The SMILES string of the molecule is CNCCN(C)Cc1n[nH]cc1-c1cc(C(F)(F)F)c(OCC(C)C)cc1OC1CCOC1. The van der Waals surface area contributed by atoms with E-state index in [1.165, 1.54) is 6.07 Å². The quantitative estimate of drug-likeness (QED) is 0.518. The Bertz CT molecular complexity index is 896. The zero-order valence-electron chi connectivity index (χ0n) is 19.6. The molecule has 1 aliphatic heterocycles. The van der Waals surface area contributed by atoms with Crippen molar-refractivity contribution >= 4 is 0 Å². The number of hydrogen-bond donors (Lipinski definition) is 2. The largest absolute Gasteiger partial charge is 0.493 e. The maximum atomic E-state index is 14.0. The third-order valence-corrected chi connectivity index (χ3v) is 5.31. The molecule has 1 fully saturated rings. The molecule has 1 saturated heterocycles. The Morgan fingerprint density at radius 3 is 2.70 bits per heavy atom. The number of aromatic amines is 1. The first kappa shape index (κ1) is 25.3. The van der Waals surface area contributed by atoms with E-state index in [2.05, 4.69) is 15.5 Å². The second-order valence-electron chi connectivity index (χ2n) is 8.74. The highest BCUT2D eigenvalue weighted by Crippen LogP contribution is 2.44. The second-order valence-corrected chi connectivity index (χ2v) is 8.74. The van der Waals surface area contributed by atoms with Gasteiger partial charge in [-0.15, -0.1) is 0 Å². The predicted molar refractivity (Wildman–Crippen MR) is 119 cm³/mol. The minimum atomic E-state index is -4.58. The van der Waals surface area contributed by atoms with Crippen molar-refractivity contribution in [3.05, 3.63) is 29.6 Å². The number of likely N-dealkylation sites (N-methyl/N-ethyl adjacent to an activating group) is 2. The third kappa shape index (κ3) is 6.84. The van der Waals surface area contributed by atoms with Crippen molar-refractivity contribution < 1.29 is 27.4 Å². The average molecular weight is 471 g/mol. The van der Waals surface area contributed by atoms with E-state index in [1.807, 2.05) is 32.8 Å². The van der Waals surface area contributed by atoms with Crippen molar-refractivity contribution in [1.29, 1.82) is 0 Å². The summed E-state index contributed by atoms with van der Waals surface area (Å²) in [6.07, 6.45) is -2.52. The summed E-state index contributed by atoms with van der Waals surface area (Å²) in [5, 5.41) is 10.2. The first-order valence-corrected chi connectivity index (χ1v) is 11.2. The van der Waals surface area contributed by atoms with Gasteiger partial charge < -0.3 is 19.5 Å². The lowest BCUT2D eigenvalue weighted by Crippen LogP contribution is -2.27. The minimum Gasteiger partial charge on any atom is -0.493 e. The summed E-state index contributed by atoms with van der Waals surface area (Å²) in [5.74, 6) is 0.176. The molecule has 0 radical (unpaired) electrons. The molecule has 3 rings (SSSR count). The van der Waals surface area contributed by atoms with Gasteiger partial charge >= 0.3 is 6.18 Å². The summed E-state index contributed by atoms with van der Waals surface area (Å²) >= 11 is 0. The van der Waals surface area contributed by atoms with Gasteiger partial charge in [0.15, 0.2) is 0 Å². The molecule has 2 N–H and O–H groups in total. The van der Waals surface area contributed by atoms with Crippen LogP contribution in [0.5, 0.6) is 11.5 Å². The van der Waals surface area contributed by atoms with Crippen molar-refractivity contribution in [2.24, 2.45) is 5.92 Å². The standard InChI is InChI=1S/C23H33F3N4O3/c1-15(2)13-32-22-10-21(33-16-5-8-31-14-16)17(9-19(22)23(24,25)26)18-11-28-29-20(18)12-30(4)7-6-27-3/h9-11,15-16,27H,5-8,12-14H2,1-4H3,(H,28,29). The van der Waals surface area contributed by atoms with E-state index in [-0.39, 0.29) is 24.4 Å². The van der Waals surface area contributed by atoms with Crippen LogP contribution in [0.15, 0.2) is 18.3 Å². The van der Waals surface area contributed by atoms with Gasteiger partial charge in [0.2, 0.25) is 0 Å². The Kier molecular flexibility index (Phi) is 8.61. The van der Waals surface area contributed by atoms with Crippen LogP contribution in [0, 0.1) is 5.92 Å². The van der Waals surface area contributed by atoms with E-state index in [0.717, 1.165) is 19.2 Å². The highest BCUT2D eigenvalue weighted by Gasteiger charge is 2.37. The van der Waals surface area contributed by atoms with E-state index in [0.29, 0.717) is 48.7 Å². The van der Waals surface area contributed by atoms with Crippen LogP contribution in [-0.4, -0.2) is 68.2 Å². The molecule has 1 aliphatic rings. The molecule has 0 aliphatic carbocycles. The molecule has 1 aromatic heterocycles. The van der Waals surface area contributed by atoms with Crippen LogP contribution < -0.4 is 14.8 Å². The number of aromatic nitrogens is 2. The van der Waals surface area contributed by atoms with Crippen LogP contribution >= 0.6 is 0 Å². The molecule has 2 aromatic rings. The molecule has 0 spiro atoms. The third-order valence-electron chi connectivity index (χ3n) is 5.31. The molecular formula is C23H33F3N4O3. The summed E-state index contributed by atoms with van der Waals surface area (Å²) in [6, 6.07) is 2.48. The molecule has 10 heteroatoms. The lowest BCUT2D eigenvalue weighted by Gasteiger charge is -2.22. The summed E-state index contributed by atoms with van der Waals surface area (Å²) < 4.78 is 59.1. The van der Waals surface area contributed by atoms with Gasteiger partial charge in [-0.1, -0.05) is 13.8 Å². The number of nitrogens with one attached hydrogen (secondary N) is 2. The fraction of sp³-hybridized carbons (Fsp3) is 0.609. The van der Waals surface area contributed by atoms with Gasteiger partial charge in [0.05, 0.1) is 31.1 Å². The lowest BCUT2D eigenvalue weighted by molar-refractivity contribution is -0.139. The zero-order valence-corrected chi connectivity index (χ0v) is 19.6. The van der Waals surface area contributed by atoms with Gasteiger partial charge in [0.25, 0.3) is 0 Å². The lowest BCUT2D eigenvalue weighted by atomic mass is 10.0. The Balaban J connectivity index is 2.04. The van der Waals surface area contributed by atoms with E-state index in [4.69, 9.17) is 14.2 Å². The summed E-state index contributed by atoms with van der Waals surface area (Å²) in [4.78, 5) is 2.05. The molecule has 1 aromatic carbocycles. The first-order chi connectivity index (χ1) is 15.7. The van der Waals surface area contributed by atoms with Crippen molar-refractivity contribution in [2.45, 2.75) is 39.1 Å². The predicted octanol–water partition coefficient (Wildman–Crippen LogP) is 3.95. The Hall–Kier alpha value is -2.30. The van der Waals surface area contributed by atoms with Crippen molar-refractivity contribution in [1.82, 2.24) is 20.4 Å². The zero-order chi connectivity index (χ0) is 24.0. The number of alkyl halides is 3. The van der Waals surface area contributed by atoms with Crippen LogP contribution in [0.25, 0.3) is 11.1 Å². The second kappa shape index (κ2) is 11.2. The molecule has 1 atom stereocenters. The average Bonchev–Trinajstić information content (AvgIpc) is 3.42.